The molecular formula is C38H63NO14. The third-order valence-electron chi connectivity index (χ3n) is 10.4. The molecule has 304 valence electrons. The lowest BCUT2D eigenvalue weighted by Gasteiger charge is -2.50. The van der Waals surface area contributed by atoms with Crippen molar-refractivity contribution in [3.05, 3.63) is 24.3 Å². The molecule has 0 radical (unpaired) electrons. The molecule has 15 nitrogen and oxygen atoms in total. The Bertz CT molecular complexity index is 1230. The molecule has 3 rings (SSSR count). The first kappa shape index (κ1) is 45.1. The molecule has 2 fully saturated rings. The zero-order valence-corrected chi connectivity index (χ0v) is 32.6. The van der Waals surface area contributed by atoms with Crippen molar-refractivity contribution in [3.8, 4) is 0 Å². The van der Waals surface area contributed by atoms with Crippen LogP contribution in [0.3, 0.4) is 0 Å². The standard InChI is InChI=1S/C38H63NO14/c1-10-28(42)51-27-19-29(43)48-22(3)14-12-11-13-15-26(41)21(2)18-25(16-17-40)34(35(27)47-9)53-37-32(44)31(39(7)8)33(23(4)50-37)52-30-20-38(6,46)36(45)24(5)49-30/h11-13,15,17,21-27,30-37,41,44-46H,10,14,16,18-20H2,1-9H3/b12-11+,15-13+/t21-,22?,23?,24?,25+,26?,27-,30?,31?,32?,33?,34+,35+,36?,37?,38?/m1/s1. The number of aldehydes is 1. The number of hydrogen-bond donors (Lipinski definition) is 4. The molecule has 0 aromatic carbocycles. The molecule has 3 aliphatic rings. The second-order valence-electron chi connectivity index (χ2n) is 15.1. The van der Waals surface area contributed by atoms with Crippen LogP contribution in [0, 0.1) is 11.8 Å². The van der Waals surface area contributed by atoms with Crippen LogP contribution >= 0.6 is 0 Å². The number of methoxy groups -OCH3 is 1. The molecule has 0 amide bonds. The highest BCUT2D eigenvalue weighted by atomic mass is 16.7. The minimum atomic E-state index is -1.48. The molecule has 15 heteroatoms. The summed E-state index contributed by atoms with van der Waals surface area (Å²) in [7, 11) is 4.87. The largest absolute Gasteiger partial charge is 0.462 e. The topological polar surface area (TPSA) is 200 Å². The SMILES string of the molecule is CCC(=O)O[C@@H]1CC(=O)OC(C)C/C=C/C=C/C(O)[C@H](C)C[C@H](CC=O)[C@H](OC2OC(C)C(OC3CC(C)(O)C(O)C(C)O3)C(N(C)C)C2O)[C@H]1OC. The van der Waals surface area contributed by atoms with E-state index in [9.17, 15) is 34.8 Å². The maximum Gasteiger partial charge on any atom is 0.309 e. The summed E-state index contributed by atoms with van der Waals surface area (Å²) in [6.45, 7) is 10.0. The average Bonchev–Trinajstić information content (AvgIpc) is 3.07. The Balaban J connectivity index is 2.04. The minimum absolute atomic E-state index is 0.00772. The molecule has 53 heavy (non-hydrogen) atoms. The summed E-state index contributed by atoms with van der Waals surface area (Å²) < 4.78 is 42.6. The van der Waals surface area contributed by atoms with E-state index in [1.807, 2.05) is 13.0 Å². The van der Waals surface area contributed by atoms with Crippen molar-refractivity contribution < 1.29 is 68.0 Å². The van der Waals surface area contributed by atoms with Crippen LogP contribution in [-0.2, 0) is 47.5 Å². The van der Waals surface area contributed by atoms with E-state index in [1.165, 1.54) is 14.0 Å². The summed E-state index contributed by atoms with van der Waals surface area (Å²) in [5.74, 6) is -2.31. The van der Waals surface area contributed by atoms with Crippen molar-refractivity contribution in [1.29, 1.82) is 0 Å². The Kier molecular flexibility index (Phi) is 17.5. The van der Waals surface area contributed by atoms with E-state index >= 15 is 0 Å². The van der Waals surface area contributed by atoms with E-state index < -0.39 is 109 Å². The molecule has 4 N–H and O–H groups in total. The van der Waals surface area contributed by atoms with Crippen molar-refractivity contribution in [2.75, 3.05) is 21.2 Å². The van der Waals surface area contributed by atoms with E-state index in [0.29, 0.717) is 6.42 Å². The normalized spacial score (nSPS) is 43.4. The molecule has 3 aliphatic heterocycles. The second kappa shape index (κ2) is 20.6. The van der Waals surface area contributed by atoms with Crippen LogP contribution in [0.5, 0.6) is 0 Å². The van der Waals surface area contributed by atoms with Gasteiger partial charge in [-0.15, -0.1) is 0 Å². The van der Waals surface area contributed by atoms with Gasteiger partial charge in [0, 0.05) is 32.8 Å². The van der Waals surface area contributed by atoms with Gasteiger partial charge in [-0.2, -0.15) is 0 Å². The van der Waals surface area contributed by atoms with Crippen LogP contribution in [0.2, 0.25) is 0 Å². The van der Waals surface area contributed by atoms with E-state index in [1.54, 1.807) is 64.9 Å². The highest BCUT2D eigenvalue weighted by Gasteiger charge is 2.52. The van der Waals surface area contributed by atoms with Crippen LogP contribution in [0.25, 0.3) is 0 Å². The summed E-state index contributed by atoms with van der Waals surface area (Å²) in [6.07, 6.45) is -4.13. The number of rotatable bonds is 10. The number of hydrogen-bond acceptors (Lipinski definition) is 15. The zero-order valence-electron chi connectivity index (χ0n) is 32.6. The van der Waals surface area contributed by atoms with Crippen molar-refractivity contribution >= 4 is 18.2 Å². The summed E-state index contributed by atoms with van der Waals surface area (Å²) in [4.78, 5) is 40.0. The van der Waals surface area contributed by atoms with Crippen LogP contribution in [0.15, 0.2) is 24.3 Å². The average molecular weight is 758 g/mol. The fraction of sp³-hybridized carbons (Fsp3) is 0.816. The maximum atomic E-state index is 13.3. The number of cyclic esters (lactones) is 1. The highest BCUT2D eigenvalue weighted by molar-refractivity contribution is 5.72. The Hall–Kier alpha value is -2.31. The lowest BCUT2D eigenvalue weighted by molar-refractivity contribution is -0.344. The van der Waals surface area contributed by atoms with E-state index in [-0.39, 0.29) is 32.1 Å². The number of allylic oxidation sites excluding steroid dienone is 2. The van der Waals surface area contributed by atoms with Crippen molar-refractivity contribution in [1.82, 2.24) is 4.90 Å². The first-order valence-corrected chi connectivity index (χ1v) is 18.7. The van der Waals surface area contributed by atoms with Gasteiger partial charge in [0.15, 0.2) is 12.6 Å². The maximum absolute atomic E-state index is 13.3. The smallest absolute Gasteiger partial charge is 0.309 e. The van der Waals surface area contributed by atoms with Gasteiger partial charge in [-0.3, -0.25) is 9.59 Å². The molecule has 16 atom stereocenters. The summed E-state index contributed by atoms with van der Waals surface area (Å²) in [5, 5.41) is 44.2. The third kappa shape index (κ3) is 12.3. The van der Waals surface area contributed by atoms with Crippen molar-refractivity contribution in [2.24, 2.45) is 11.8 Å². The Morgan fingerprint density at radius 2 is 1.74 bits per heavy atom. The number of nitrogens with zero attached hydrogens (tertiary/aromatic N) is 1. The number of carbonyl (C=O) groups is 3. The predicted octanol–water partition coefficient (Wildman–Crippen LogP) is 1.81. The quantitative estimate of drug-likeness (QED) is 0.186. The van der Waals surface area contributed by atoms with Gasteiger partial charge in [0.2, 0.25) is 0 Å². The van der Waals surface area contributed by atoms with E-state index in [2.05, 4.69) is 0 Å². The third-order valence-corrected chi connectivity index (χ3v) is 10.4. The van der Waals surface area contributed by atoms with Crippen LogP contribution in [-0.4, -0.2) is 150 Å². The van der Waals surface area contributed by atoms with Crippen molar-refractivity contribution in [2.45, 2.75) is 165 Å². The molecule has 0 bridgehead atoms. The lowest BCUT2D eigenvalue weighted by Crippen LogP contribution is -2.65. The molecule has 0 spiro atoms. The van der Waals surface area contributed by atoms with Crippen LogP contribution < -0.4 is 0 Å². The molecule has 0 aromatic rings. The first-order chi connectivity index (χ1) is 24.9. The van der Waals surface area contributed by atoms with Crippen LogP contribution in [0.4, 0.5) is 0 Å². The highest BCUT2D eigenvalue weighted by Crippen LogP contribution is 2.37. The fourth-order valence-corrected chi connectivity index (χ4v) is 7.38. The number of likely N-dealkylation sites (N-methyl/N-ethyl adjacent to an activating group) is 1. The Labute approximate surface area is 313 Å². The second-order valence-corrected chi connectivity index (χ2v) is 15.1. The van der Waals surface area contributed by atoms with E-state index in [4.69, 9.17) is 33.2 Å². The first-order valence-electron chi connectivity index (χ1n) is 18.7. The summed E-state index contributed by atoms with van der Waals surface area (Å²) in [5.41, 5.74) is -1.48. The number of carbonyl (C=O) groups excluding carboxylic acids is 3. The number of aliphatic hydroxyl groups is 4. The minimum Gasteiger partial charge on any atom is -0.462 e. The Morgan fingerprint density at radius 3 is 2.34 bits per heavy atom. The van der Waals surface area contributed by atoms with Gasteiger partial charge in [0.05, 0.1) is 42.5 Å². The molecule has 0 aliphatic carbocycles. The lowest BCUT2D eigenvalue weighted by atomic mass is 9.82. The molecule has 0 saturated carbocycles. The molecular weight excluding hydrogens is 694 g/mol. The number of ether oxygens (including phenoxy) is 7. The van der Waals surface area contributed by atoms with Gasteiger partial charge >= 0.3 is 11.9 Å². The van der Waals surface area contributed by atoms with Gasteiger partial charge in [-0.1, -0.05) is 38.2 Å². The summed E-state index contributed by atoms with van der Waals surface area (Å²) >= 11 is 0. The van der Waals surface area contributed by atoms with Gasteiger partial charge in [-0.05, 0) is 60.0 Å². The molecule has 0 aromatic heterocycles. The zero-order chi connectivity index (χ0) is 39.6. The van der Waals surface area contributed by atoms with Gasteiger partial charge in [-0.25, -0.2) is 0 Å². The Morgan fingerprint density at radius 1 is 1.04 bits per heavy atom. The monoisotopic (exact) mass is 757 g/mol. The number of esters is 2. The fourth-order valence-electron chi connectivity index (χ4n) is 7.38. The van der Waals surface area contributed by atoms with E-state index in [0.717, 1.165) is 6.29 Å². The van der Waals surface area contributed by atoms with Gasteiger partial charge in [0.25, 0.3) is 0 Å². The van der Waals surface area contributed by atoms with Gasteiger partial charge < -0.3 is 63.3 Å². The van der Waals surface area contributed by atoms with Gasteiger partial charge in [0.1, 0.15) is 42.9 Å². The summed E-state index contributed by atoms with van der Waals surface area (Å²) in [6, 6.07) is -0.750. The molecule has 3 heterocycles. The van der Waals surface area contributed by atoms with Crippen LogP contribution in [0.1, 0.15) is 80.1 Å². The molecule has 2 saturated heterocycles. The van der Waals surface area contributed by atoms with Crippen molar-refractivity contribution in [3.63, 3.8) is 0 Å². The predicted molar refractivity (Wildman–Crippen MR) is 191 cm³/mol. The molecule has 11 unspecified atom stereocenters. The number of aliphatic hydroxyl groups excluding tert-OH is 3.